The number of aromatic nitrogens is 5. The van der Waals surface area contributed by atoms with Crippen molar-refractivity contribution < 1.29 is 18.6 Å². The Bertz CT molecular complexity index is 1880. The molecule has 4 fully saturated rings. The summed E-state index contributed by atoms with van der Waals surface area (Å²) in [4.78, 5) is 19.1. The van der Waals surface area contributed by atoms with Gasteiger partial charge in [0.25, 0.3) is 0 Å². The van der Waals surface area contributed by atoms with Crippen molar-refractivity contribution in [3.8, 4) is 23.1 Å². The Balaban J connectivity index is 1.22. The third-order valence-corrected chi connectivity index (χ3v) is 10.6. The second kappa shape index (κ2) is 10.7. The largest absolute Gasteiger partial charge is 0.475 e. The van der Waals surface area contributed by atoms with E-state index in [0.29, 0.717) is 82.8 Å². The van der Waals surface area contributed by atoms with Gasteiger partial charge in [-0.15, -0.1) is 0 Å². The Morgan fingerprint density at radius 3 is 2.87 bits per heavy atom. The molecule has 234 valence electrons. The third kappa shape index (κ3) is 4.57. The summed E-state index contributed by atoms with van der Waals surface area (Å²) in [5, 5.41) is 8.96. The average Bonchev–Trinajstić information content (AvgIpc) is 3.67. The number of aromatic amines is 1. The van der Waals surface area contributed by atoms with Crippen LogP contribution in [-0.2, 0) is 4.74 Å². The van der Waals surface area contributed by atoms with Gasteiger partial charge in [0.2, 0.25) is 5.88 Å². The standard InChI is InChI=1S/C32H32Cl2FN7O3/c1-15-9-21-17(5-7-41(21)11-15)12-45-32-37-28-25-30(38-32)42-6-2-8-43-13-18(42)14-44-31(25)36-27(26(28)35)24-22(16-3-4-16)19(33)10-20-23(24)29(34)40-39-20/h10,16-18,21H,1-9,11-14H2,(H,39,40)/t17-,18+,21?/m1/s1. The molecule has 9 rings (SSSR count). The van der Waals surface area contributed by atoms with Crippen LogP contribution in [0.4, 0.5) is 10.2 Å². The molecule has 1 N–H and O–H groups in total. The minimum Gasteiger partial charge on any atom is -0.475 e. The Morgan fingerprint density at radius 2 is 2.00 bits per heavy atom. The van der Waals surface area contributed by atoms with Crippen molar-refractivity contribution in [2.75, 3.05) is 51.0 Å². The molecule has 1 saturated carbocycles. The Labute approximate surface area is 268 Å². The first-order valence-corrected chi connectivity index (χ1v) is 16.5. The van der Waals surface area contributed by atoms with Gasteiger partial charge in [-0.3, -0.25) is 10.00 Å². The van der Waals surface area contributed by atoms with E-state index in [0.717, 1.165) is 50.8 Å². The van der Waals surface area contributed by atoms with Gasteiger partial charge in [-0.1, -0.05) is 35.4 Å². The fourth-order valence-electron chi connectivity index (χ4n) is 7.72. The van der Waals surface area contributed by atoms with Crippen molar-refractivity contribution in [1.29, 1.82) is 0 Å². The lowest BCUT2D eigenvalue weighted by Gasteiger charge is -2.28. The van der Waals surface area contributed by atoms with Crippen LogP contribution >= 0.6 is 23.2 Å². The number of hydrogen-bond donors (Lipinski definition) is 1. The summed E-state index contributed by atoms with van der Waals surface area (Å²) >= 11 is 13.5. The fourth-order valence-corrected chi connectivity index (χ4v) is 8.30. The molecule has 0 radical (unpaired) electrons. The number of pyridine rings is 1. The predicted octanol–water partition coefficient (Wildman–Crippen LogP) is 5.91. The molecule has 1 aromatic carbocycles. The molecule has 1 unspecified atom stereocenters. The van der Waals surface area contributed by atoms with E-state index in [1.54, 1.807) is 6.07 Å². The van der Waals surface area contributed by atoms with Gasteiger partial charge >= 0.3 is 6.01 Å². The van der Waals surface area contributed by atoms with E-state index in [1.807, 2.05) is 0 Å². The van der Waals surface area contributed by atoms with E-state index in [1.165, 1.54) is 5.57 Å². The molecule has 0 spiro atoms. The van der Waals surface area contributed by atoms with Crippen LogP contribution in [-0.4, -0.2) is 88.2 Å². The second-order valence-electron chi connectivity index (χ2n) is 12.9. The maximum atomic E-state index is 17.2. The number of H-pyrrole nitrogens is 1. The Kier molecular flexibility index (Phi) is 6.63. The lowest BCUT2D eigenvalue weighted by atomic mass is 9.95. The van der Waals surface area contributed by atoms with E-state index in [4.69, 9.17) is 52.4 Å². The summed E-state index contributed by atoms with van der Waals surface area (Å²) in [6, 6.07) is 2.19. The molecule has 13 heteroatoms. The van der Waals surface area contributed by atoms with Gasteiger partial charge in [-0.25, -0.2) is 9.37 Å². The van der Waals surface area contributed by atoms with Crippen LogP contribution < -0.4 is 14.4 Å². The topological polar surface area (TPSA) is 102 Å². The smallest absolute Gasteiger partial charge is 0.319 e. The molecule has 3 saturated heterocycles. The molecule has 45 heavy (non-hydrogen) atoms. The highest BCUT2D eigenvalue weighted by Gasteiger charge is 2.40. The molecule has 4 aromatic rings. The molecule has 3 atom stereocenters. The van der Waals surface area contributed by atoms with Crippen LogP contribution in [0, 0.1) is 11.7 Å². The normalized spacial score (nSPS) is 24.9. The van der Waals surface area contributed by atoms with Crippen molar-refractivity contribution in [2.45, 2.75) is 50.1 Å². The van der Waals surface area contributed by atoms with E-state index < -0.39 is 5.82 Å². The third-order valence-electron chi connectivity index (χ3n) is 10.00. The van der Waals surface area contributed by atoms with Crippen LogP contribution in [0.5, 0.6) is 11.9 Å². The summed E-state index contributed by atoms with van der Waals surface area (Å²) in [6.07, 6.45) is 4.70. The number of rotatable bonds is 5. The van der Waals surface area contributed by atoms with Crippen LogP contribution in [0.15, 0.2) is 18.2 Å². The molecule has 5 aliphatic rings. The minimum atomic E-state index is -0.600. The van der Waals surface area contributed by atoms with Gasteiger partial charge in [0.15, 0.2) is 5.82 Å². The first-order chi connectivity index (χ1) is 21.9. The fraction of sp³-hybridized carbons (Fsp3) is 0.500. The van der Waals surface area contributed by atoms with Crippen molar-refractivity contribution >= 4 is 50.8 Å². The predicted molar refractivity (Wildman–Crippen MR) is 169 cm³/mol. The Hall–Kier alpha value is -3.25. The number of nitrogens with one attached hydrogen (secondary N) is 1. The molecular formula is C32H32Cl2FN7O3. The summed E-state index contributed by atoms with van der Waals surface area (Å²) in [7, 11) is 0. The molecule has 0 amide bonds. The summed E-state index contributed by atoms with van der Waals surface area (Å²) in [5.74, 6) is 0.715. The van der Waals surface area contributed by atoms with Crippen molar-refractivity contribution in [3.63, 3.8) is 0 Å². The monoisotopic (exact) mass is 651 g/mol. The SMILES string of the molecule is C=C1CC2[C@@H](COc3nc4c5c(nc(-c6c(C7CC7)c(Cl)cc7n[nH]c(Cl)c67)c(F)c5n3)OC[C@@H]3COCCCN43)CCN2C1. The summed E-state index contributed by atoms with van der Waals surface area (Å²) < 4.78 is 35.8. The van der Waals surface area contributed by atoms with Crippen LogP contribution in [0.25, 0.3) is 33.1 Å². The first-order valence-electron chi connectivity index (χ1n) is 15.7. The lowest BCUT2D eigenvalue weighted by Crippen LogP contribution is -2.41. The number of halogens is 3. The van der Waals surface area contributed by atoms with Crippen molar-refractivity contribution in [3.05, 3.63) is 39.8 Å². The van der Waals surface area contributed by atoms with Gasteiger partial charge in [0, 0.05) is 47.6 Å². The minimum absolute atomic E-state index is 0.0787. The molecule has 7 heterocycles. The maximum Gasteiger partial charge on any atom is 0.319 e. The van der Waals surface area contributed by atoms with E-state index >= 15 is 4.39 Å². The quantitative estimate of drug-likeness (QED) is 0.264. The summed E-state index contributed by atoms with van der Waals surface area (Å²) in [6.45, 7) is 8.68. The van der Waals surface area contributed by atoms with Gasteiger partial charge in [-0.05, 0) is 56.2 Å². The highest BCUT2D eigenvalue weighted by molar-refractivity contribution is 6.37. The van der Waals surface area contributed by atoms with E-state index in [9.17, 15) is 0 Å². The molecule has 0 bridgehead atoms. The number of nitrogens with zero attached hydrogens (tertiary/aromatic N) is 6. The van der Waals surface area contributed by atoms with Crippen LogP contribution in [0.3, 0.4) is 0 Å². The number of benzene rings is 1. The van der Waals surface area contributed by atoms with Gasteiger partial charge in [-0.2, -0.15) is 15.1 Å². The molecular weight excluding hydrogens is 620 g/mol. The summed E-state index contributed by atoms with van der Waals surface area (Å²) in [5.41, 5.74) is 3.31. The zero-order valence-corrected chi connectivity index (χ0v) is 26.1. The van der Waals surface area contributed by atoms with Crippen molar-refractivity contribution in [2.24, 2.45) is 5.92 Å². The van der Waals surface area contributed by atoms with Crippen LogP contribution in [0.2, 0.25) is 10.2 Å². The van der Waals surface area contributed by atoms with Crippen LogP contribution in [0.1, 0.15) is 43.6 Å². The van der Waals surface area contributed by atoms with Gasteiger partial charge < -0.3 is 19.1 Å². The van der Waals surface area contributed by atoms with Gasteiger partial charge in [0.1, 0.15) is 34.2 Å². The average molecular weight is 653 g/mol. The lowest BCUT2D eigenvalue weighted by molar-refractivity contribution is 0.119. The highest BCUT2D eigenvalue weighted by Crippen LogP contribution is 2.52. The Morgan fingerprint density at radius 1 is 1.11 bits per heavy atom. The highest BCUT2D eigenvalue weighted by atomic mass is 35.5. The number of anilines is 1. The van der Waals surface area contributed by atoms with Gasteiger partial charge in [0.05, 0.1) is 24.8 Å². The number of ether oxygens (including phenoxy) is 3. The zero-order chi connectivity index (χ0) is 30.4. The van der Waals surface area contributed by atoms with E-state index in [2.05, 4.69) is 26.6 Å². The van der Waals surface area contributed by atoms with E-state index in [-0.39, 0.29) is 35.1 Å². The number of fused-ring (bicyclic) bond motifs is 4. The molecule has 10 nitrogen and oxygen atoms in total. The molecule has 3 aromatic heterocycles. The second-order valence-corrected chi connectivity index (χ2v) is 13.7. The van der Waals surface area contributed by atoms with Crippen molar-refractivity contribution in [1.82, 2.24) is 30.0 Å². The first kappa shape index (κ1) is 28.0. The maximum absolute atomic E-state index is 17.2. The molecule has 1 aliphatic carbocycles. The zero-order valence-electron chi connectivity index (χ0n) is 24.6. The molecule has 4 aliphatic heterocycles. The number of hydrogen-bond acceptors (Lipinski definition) is 9.